The summed E-state index contributed by atoms with van der Waals surface area (Å²) in [5.41, 5.74) is 7.97. The van der Waals surface area contributed by atoms with E-state index in [1.165, 1.54) is 0 Å². The average molecular weight is 607 g/mol. The number of hydrogen-bond acceptors (Lipinski definition) is 11. The van der Waals surface area contributed by atoms with Crippen LogP contribution in [-0.4, -0.2) is 87.3 Å². The Morgan fingerprint density at radius 3 is 2.67 bits per heavy atom. The first kappa shape index (κ1) is 28.2. The lowest BCUT2D eigenvalue weighted by Crippen LogP contribution is -2.54. The van der Waals surface area contributed by atoms with Crippen molar-refractivity contribution in [2.45, 2.75) is 51.7 Å². The van der Waals surface area contributed by atoms with Crippen LogP contribution in [0.1, 0.15) is 37.0 Å². The molecule has 2 saturated heterocycles. The van der Waals surface area contributed by atoms with E-state index >= 15 is 4.39 Å². The van der Waals surface area contributed by atoms with E-state index < -0.39 is 11.6 Å². The standard InChI is InChI=1S/C30H32F2N8O2S/c1-15(41)12-38-5-7-39(8-6-38)22-3-4-40(16(22)2)30-36-10-18-19-13-42-14-20(19)23(25(32)26(18)37-30)27-24-17(9-33)29(34)43-28(24)21(31)11-35-27/h10-11,15-16,22,41H,3-8,12-14,34H2,1-2H3/t15-,16+,22+/m1/s1. The fourth-order valence-electron chi connectivity index (χ4n) is 7.02. The maximum absolute atomic E-state index is 16.7. The highest BCUT2D eigenvalue weighted by molar-refractivity contribution is 7.23. The molecule has 0 saturated carbocycles. The van der Waals surface area contributed by atoms with E-state index in [4.69, 9.17) is 20.4 Å². The number of anilines is 2. The van der Waals surface area contributed by atoms with E-state index in [0.29, 0.717) is 29.5 Å². The van der Waals surface area contributed by atoms with Gasteiger partial charge in [-0.05, 0) is 31.4 Å². The zero-order valence-corrected chi connectivity index (χ0v) is 24.8. The van der Waals surface area contributed by atoms with Gasteiger partial charge in [0.2, 0.25) is 5.95 Å². The van der Waals surface area contributed by atoms with Crippen LogP contribution in [0.2, 0.25) is 0 Å². The molecular weight excluding hydrogens is 574 g/mol. The summed E-state index contributed by atoms with van der Waals surface area (Å²) in [7, 11) is 0. The molecule has 3 aromatic heterocycles. The minimum atomic E-state index is -0.613. The van der Waals surface area contributed by atoms with Crippen molar-refractivity contribution in [3.05, 3.63) is 40.7 Å². The number of β-amino-alcohol motifs (C(OH)–C–C–N with tert-alkyl or cyclic N) is 1. The Kier molecular flexibility index (Phi) is 7.14. The number of thiophene rings is 1. The van der Waals surface area contributed by atoms with Crippen molar-refractivity contribution in [3.8, 4) is 17.3 Å². The largest absolute Gasteiger partial charge is 0.392 e. The molecule has 4 aromatic rings. The molecule has 224 valence electrons. The molecular formula is C30H32F2N8O2S. The lowest BCUT2D eigenvalue weighted by molar-refractivity contribution is 0.0610. The number of halogens is 2. The number of nitrogens with two attached hydrogens (primary N) is 1. The van der Waals surface area contributed by atoms with Gasteiger partial charge in [0, 0.05) is 73.9 Å². The van der Waals surface area contributed by atoms with Crippen LogP contribution in [0.15, 0.2) is 12.4 Å². The molecule has 3 aliphatic heterocycles. The molecule has 3 aliphatic rings. The summed E-state index contributed by atoms with van der Waals surface area (Å²) >= 11 is 0.952. The highest BCUT2D eigenvalue weighted by Gasteiger charge is 2.38. The summed E-state index contributed by atoms with van der Waals surface area (Å²) in [4.78, 5) is 20.7. The second-order valence-corrected chi connectivity index (χ2v) is 12.7. The number of piperazine rings is 1. The first-order valence-corrected chi connectivity index (χ1v) is 15.3. The number of aromatic nitrogens is 3. The number of nitriles is 1. The molecule has 6 heterocycles. The van der Waals surface area contributed by atoms with Gasteiger partial charge in [0.05, 0.1) is 41.5 Å². The van der Waals surface area contributed by atoms with E-state index in [-0.39, 0.29) is 62.8 Å². The Morgan fingerprint density at radius 2 is 1.93 bits per heavy atom. The molecule has 0 aliphatic carbocycles. The van der Waals surface area contributed by atoms with Crippen LogP contribution >= 0.6 is 11.3 Å². The molecule has 3 N–H and O–H groups in total. The Hall–Kier alpha value is -3.54. The predicted octanol–water partition coefficient (Wildman–Crippen LogP) is 3.63. The normalized spacial score (nSPS) is 22.0. The van der Waals surface area contributed by atoms with Crippen molar-refractivity contribution in [2.75, 3.05) is 49.9 Å². The van der Waals surface area contributed by atoms with Crippen LogP contribution in [0.3, 0.4) is 0 Å². The summed E-state index contributed by atoms with van der Waals surface area (Å²) in [6.07, 6.45) is 3.32. The molecule has 0 amide bonds. The van der Waals surface area contributed by atoms with Gasteiger partial charge in [-0.15, -0.1) is 11.3 Å². The minimum absolute atomic E-state index is 0.0844. The predicted molar refractivity (Wildman–Crippen MR) is 161 cm³/mol. The van der Waals surface area contributed by atoms with E-state index in [9.17, 15) is 14.8 Å². The number of nitrogen functional groups attached to an aromatic ring is 1. The van der Waals surface area contributed by atoms with Gasteiger partial charge in [0.15, 0.2) is 11.6 Å². The monoisotopic (exact) mass is 606 g/mol. The zero-order valence-electron chi connectivity index (χ0n) is 24.0. The van der Waals surface area contributed by atoms with Gasteiger partial charge < -0.3 is 20.5 Å². The van der Waals surface area contributed by atoms with E-state index in [0.717, 1.165) is 62.2 Å². The van der Waals surface area contributed by atoms with Gasteiger partial charge in [0.1, 0.15) is 16.6 Å². The van der Waals surface area contributed by atoms with Gasteiger partial charge in [0.25, 0.3) is 0 Å². The van der Waals surface area contributed by atoms with Crippen molar-refractivity contribution in [2.24, 2.45) is 0 Å². The van der Waals surface area contributed by atoms with Gasteiger partial charge in [-0.3, -0.25) is 14.8 Å². The Balaban J connectivity index is 1.27. The topological polar surface area (TPSA) is 128 Å². The number of hydrogen-bond donors (Lipinski definition) is 2. The van der Waals surface area contributed by atoms with Crippen LogP contribution in [-0.2, 0) is 18.0 Å². The highest BCUT2D eigenvalue weighted by Crippen LogP contribution is 2.45. The molecule has 0 radical (unpaired) electrons. The second kappa shape index (κ2) is 10.9. The SMILES string of the molecule is C[C@@H](O)CN1CCN([C@H]2CCN(c3ncc4c5c(c(-c6ncc(F)c7sc(N)c(C#N)c67)c(F)c4n3)COC5)[C@H]2C)CC1. The van der Waals surface area contributed by atoms with Gasteiger partial charge in [-0.25, -0.2) is 18.7 Å². The number of rotatable bonds is 5. The smallest absolute Gasteiger partial charge is 0.226 e. The summed E-state index contributed by atoms with van der Waals surface area (Å²) in [6.45, 7) is 9.49. The number of benzene rings is 1. The molecule has 0 spiro atoms. The van der Waals surface area contributed by atoms with Crippen LogP contribution in [0.4, 0.5) is 19.7 Å². The van der Waals surface area contributed by atoms with Crippen molar-refractivity contribution in [1.82, 2.24) is 24.8 Å². The number of aliphatic hydroxyl groups is 1. The third-order valence-electron chi connectivity index (χ3n) is 9.10. The minimum Gasteiger partial charge on any atom is -0.392 e. The highest BCUT2D eigenvalue weighted by atomic mass is 32.1. The first-order valence-electron chi connectivity index (χ1n) is 14.5. The van der Waals surface area contributed by atoms with E-state index in [1.54, 1.807) is 6.20 Å². The fraction of sp³-hybridized carbons (Fsp3) is 0.467. The molecule has 13 heteroatoms. The fourth-order valence-corrected chi connectivity index (χ4v) is 7.94. The maximum Gasteiger partial charge on any atom is 0.226 e. The van der Waals surface area contributed by atoms with Crippen molar-refractivity contribution < 1.29 is 18.6 Å². The van der Waals surface area contributed by atoms with Gasteiger partial charge in [-0.2, -0.15) is 5.26 Å². The van der Waals surface area contributed by atoms with Gasteiger partial charge in [-0.1, -0.05) is 0 Å². The molecule has 10 nitrogen and oxygen atoms in total. The molecule has 7 rings (SSSR count). The molecule has 2 fully saturated rings. The van der Waals surface area contributed by atoms with Crippen LogP contribution in [0.25, 0.3) is 32.2 Å². The van der Waals surface area contributed by atoms with Gasteiger partial charge >= 0.3 is 0 Å². The Morgan fingerprint density at radius 1 is 1.16 bits per heavy atom. The number of ether oxygens (including phenoxy) is 1. The molecule has 43 heavy (non-hydrogen) atoms. The first-order chi connectivity index (χ1) is 20.8. The summed E-state index contributed by atoms with van der Waals surface area (Å²) < 4.78 is 37.4. The lowest BCUT2D eigenvalue weighted by atomic mass is 9.94. The third kappa shape index (κ3) is 4.60. The Labute approximate surface area is 251 Å². The summed E-state index contributed by atoms with van der Waals surface area (Å²) in [6, 6.07) is 2.48. The average Bonchev–Trinajstić information content (AvgIpc) is 3.71. The zero-order chi connectivity index (χ0) is 30.0. The van der Waals surface area contributed by atoms with E-state index in [2.05, 4.69) is 26.6 Å². The van der Waals surface area contributed by atoms with Crippen LogP contribution < -0.4 is 10.6 Å². The van der Waals surface area contributed by atoms with Crippen molar-refractivity contribution in [1.29, 1.82) is 5.26 Å². The molecule has 0 unspecified atom stereocenters. The molecule has 1 aromatic carbocycles. The van der Waals surface area contributed by atoms with Crippen LogP contribution in [0, 0.1) is 23.0 Å². The van der Waals surface area contributed by atoms with Crippen molar-refractivity contribution in [3.63, 3.8) is 0 Å². The summed E-state index contributed by atoms with van der Waals surface area (Å²) in [5, 5.41) is 20.5. The lowest BCUT2D eigenvalue weighted by Gasteiger charge is -2.40. The second-order valence-electron chi connectivity index (χ2n) is 11.7. The number of fused-ring (bicyclic) bond motifs is 4. The van der Waals surface area contributed by atoms with Crippen LogP contribution in [0.5, 0.6) is 0 Å². The number of pyridine rings is 1. The summed E-state index contributed by atoms with van der Waals surface area (Å²) in [5.74, 6) is -0.763. The molecule has 3 atom stereocenters. The van der Waals surface area contributed by atoms with Crippen molar-refractivity contribution >= 4 is 43.3 Å². The quantitative estimate of drug-likeness (QED) is 0.348. The maximum atomic E-state index is 16.7. The Bertz CT molecular complexity index is 1780. The number of aliphatic hydroxyl groups excluding tert-OH is 1. The third-order valence-corrected chi connectivity index (χ3v) is 10.1. The molecule has 0 bridgehead atoms. The van der Waals surface area contributed by atoms with E-state index in [1.807, 2.05) is 13.0 Å². The number of nitrogens with zero attached hydrogens (tertiary/aromatic N) is 7.